The van der Waals surface area contributed by atoms with Crippen molar-refractivity contribution in [1.82, 2.24) is 0 Å². The molecule has 0 bridgehead atoms. The van der Waals surface area contributed by atoms with Crippen molar-refractivity contribution < 1.29 is 13.5 Å². The Kier molecular flexibility index (Phi) is 3.74. The Labute approximate surface area is 94.5 Å². The van der Waals surface area contributed by atoms with Gasteiger partial charge in [0.05, 0.1) is 11.5 Å². The second-order valence-electron chi connectivity index (χ2n) is 3.45. The van der Waals surface area contributed by atoms with E-state index in [1.54, 1.807) is 18.0 Å². The second kappa shape index (κ2) is 4.69. The summed E-state index contributed by atoms with van der Waals surface area (Å²) in [6.07, 6.45) is 0. The SMILES string of the molecule is CN(CCO)c1cc(N)cc(S(N)(=O)=O)c1. The monoisotopic (exact) mass is 245 g/mol. The molecule has 0 atom stereocenters. The highest BCUT2D eigenvalue weighted by atomic mass is 32.2. The number of hydrogen-bond donors (Lipinski definition) is 3. The van der Waals surface area contributed by atoms with Crippen LogP contribution in [0.5, 0.6) is 0 Å². The van der Waals surface area contributed by atoms with Crippen molar-refractivity contribution in [1.29, 1.82) is 0 Å². The van der Waals surface area contributed by atoms with Crippen molar-refractivity contribution in [3.63, 3.8) is 0 Å². The zero-order valence-electron chi connectivity index (χ0n) is 8.92. The molecule has 7 heteroatoms. The molecule has 1 rings (SSSR count). The predicted octanol–water partition coefficient (Wildman–Crippen LogP) is -0.655. The van der Waals surface area contributed by atoms with Gasteiger partial charge in [-0.2, -0.15) is 0 Å². The summed E-state index contributed by atoms with van der Waals surface area (Å²) in [6, 6.07) is 4.33. The Morgan fingerprint density at radius 2 is 2.00 bits per heavy atom. The summed E-state index contributed by atoms with van der Waals surface area (Å²) in [5, 5.41) is 13.8. The van der Waals surface area contributed by atoms with Crippen molar-refractivity contribution in [2.75, 3.05) is 30.8 Å². The summed E-state index contributed by atoms with van der Waals surface area (Å²) >= 11 is 0. The molecule has 0 saturated heterocycles. The molecule has 0 unspecified atom stereocenters. The number of hydrogen-bond acceptors (Lipinski definition) is 5. The number of likely N-dealkylation sites (N-methyl/N-ethyl adjacent to an activating group) is 1. The lowest BCUT2D eigenvalue weighted by Gasteiger charge is -2.19. The highest BCUT2D eigenvalue weighted by molar-refractivity contribution is 7.89. The third kappa shape index (κ3) is 3.09. The van der Waals surface area contributed by atoms with E-state index < -0.39 is 10.0 Å². The maximum absolute atomic E-state index is 11.2. The van der Waals surface area contributed by atoms with E-state index in [2.05, 4.69) is 0 Å². The molecule has 0 fully saturated rings. The molecule has 0 saturated carbocycles. The number of anilines is 2. The van der Waals surface area contributed by atoms with Gasteiger partial charge in [0.1, 0.15) is 0 Å². The Morgan fingerprint density at radius 3 is 2.50 bits per heavy atom. The first-order chi connectivity index (χ1) is 7.34. The third-order valence-corrected chi connectivity index (χ3v) is 3.01. The minimum absolute atomic E-state index is 0.0317. The minimum Gasteiger partial charge on any atom is -0.399 e. The summed E-state index contributed by atoms with van der Waals surface area (Å²) in [6.45, 7) is 0.351. The number of nitrogen functional groups attached to an aromatic ring is 1. The average Bonchev–Trinajstić information content (AvgIpc) is 2.16. The van der Waals surface area contributed by atoms with E-state index in [4.69, 9.17) is 16.0 Å². The number of aliphatic hydroxyl groups is 1. The van der Waals surface area contributed by atoms with E-state index in [-0.39, 0.29) is 11.5 Å². The Morgan fingerprint density at radius 1 is 1.38 bits per heavy atom. The molecule has 0 aliphatic heterocycles. The summed E-state index contributed by atoms with van der Waals surface area (Å²) < 4.78 is 22.3. The molecule has 0 spiro atoms. The van der Waals surface area contributed by atoms with Crippen LogP contribution in [-0.4, -0.2) is 33.7 Å². The van der Waals surface area contributed by atoms with Crippen molar-refractivity contribution in [3.8, 4) is 0 Å². The first kappa shape index (κ1) is 12.8. The van der Waals surface area contributed by atoms with Crippen LogP contribution in [0.2, 0.25) is 0 Å². The van der Waals surface area contributed by atoms with Gasteiger partial charge < -0.3 is 15.7 Å². The van der Waals surface area contributed by atoms with Crippen LogP contribution in [0.3, 0.4) is 0 Å². The van der Waals surface area contributed by atoms with Crippen LogP contribution in [0.25, 0.3) is 0 Å². The first-order valence-electron chi connectivity index (χ1n) is 4.60. The maximum Gasteiger partial charge on any atom is 0.238 e. The largest absolute Gasteiger partial charge is 0.399 e. The van der Waals surface area contributed by atoms with Crippen LogP contribution in [-0.2, 0) is 10.0 Å². The number of aliphatic hydroxyl groups excluding tert-OH is 1. The fourth-order valence-corrected chi connectivity index (χ4v) is 1.85. The summed E-state index contributed by atoms with van der Waals surface area (Å²) in [5.74, 6) is 0. The number of rotatable bonds is 4. The van der Waals surface area contributed by atoms with Gasteiger partial charge in [-0.3, -0.25) is 0 Å². The van der Waals surface area contributed by atoms with Crippen molar-refractivity contribution >= 4 is 21.4 Å². The molecule has 0 radical (unpaired) electrons. The van der Waals surface area contributed by atoms with Crippen molar-refractivity contribution in [3.05, 3.63) is 18.2 Å². The third-order valence-electron chi connectivity index (χ3n) is 2.12. The number of nitrogens with two attached hydrogens (primary N) is 2. The van der Waals surface area contributed by atoms with Crippen LogP contribution < -0.4 is 15.8 Å². The molecule has 1 aromatic carbocycles. The van der Waals surface area contributed by atoms with Crippen LogP contribution in [0.4, 0.5) is 11.4 Å². The van der Waals surface area contributed by atoms with Crippen LogP contribution in [0, 0.1) is 0 Å². The number of benzene rings is 1. The molecule has 5 N–H and O–H groups in total. The lowest BCUT2D eigenvalue weighted by molar-refractivity contribution is 0.304. The molecule has 1 aromatic rings. The zero-order chi connectivity index (χ0) is 12.3. The number of primary sulfonamides is 1. The minimum atomic E-state index is -3.77. The van der Waals surface area contributed by atoms with Gasteiger partial charge in [0.25, 0.3) is 0 Å². The lowest BCUT2D eigenvalue weighted by atomic mass is 10.2. The van der Waals surface area contributed by atoms with E-state index >= 15 is 0 Å². The number of sulfonamides is 1. The van der Waals surface area contributed by atoms with Gasteiger partial charge in [-0.15, -0.1) is 0 Å². The van der Waals surface area contributed by atoms with Crippen molar-refractivity contribution in [2.45, 2.75) is 4.90 Å². The molecular formula is C9H15N3O3S. The molecule has 0 aliphatic rings. The van der Waals surface area contributed by atoms with Gasteiger partial charge >= 0.3 is 0 Å². The first-order valence-corrected chi connectivity index (χ1v) is 6.14. The molecule has 0 aliphatic carbocycles. The van der Waals surface area contributed by atoms with Gasteiger partial charge in [0.15, 0.2) is 0 Å². The van der Waals surface area contributed by atoms with Crippen LogP contribution in [0.15, 0.2) is 23.1 Å². The smallest absolute Gasteiger partial charge is 0.238 e. The van der Waals surface area contributed by atoms with E-state index in [0.717, 1.165) is 0 Å². The Hall–Kier alpha value is -1.31. The summed E-state index contributed by atoms with van der Waals surface area (Å²) in [5.41, 5.74) is 6.49. The maximum atomic E-state index is 11.2. The molecule has 0 heterocycles. The highest BCUT2D eigenvalue weighted by Crippen LogP contribution is 2.21. The molecule has 6 nitrogen and oxygen atoms in total. The van der Waals surface area contributed by atoms with Gasteiger partial charge in [-0.05, 0) is 18.2 Å². The van der Waals surface area contributed by atoms with E-state index in [1.807, 2.05) is 0 Å². The molecule has 0 amide bonds. The van der Waals surface area contributed by atoms with Gasteiger partial charge in [-0.25, -0.2) is 13.6 Å². The van der Waals surface area contributed by atoms with Gasteiger partial charge in [0.2, 0.25) is 10.0 Å². The van der Waals surface area contributed by atoms with Gasteiger partial charge in [0, 0.05) is 25.0 Å². The molecular weight excluding hydrogens is 230 g/mol. The van der Waals surface area contributed by atoms with Crippen LogP contribution >= 0.6 is 0 Å². The zero-order valence-corrected chi connectivity index (χ0v) is 9.74. The summed E-state index contributed by atoms with van der Waals surface area (Å²) in [7, 11) is -2.05. The Bertz CT molecular complexity index is 473. The van der Waals surface area contributed by atoms with E-state index in [0.29, 0.717) is 17.9 Å². The molecule has 0 aromatic heterocycles. The predicted molar refractivity (Wildman–Crippen MR) is 62.6 cm³/mol. The fraction of sp³-hybridized carbons (Fsp3) is 0.333. The summed E-state index contributed by atoms with van der Waals surface area (Å²) in [4.78, 5) is 1.65. The normalized spacial score (nSPS) is 11.4. The molecule has 16 heavy (non-hydrogen) atoms. The fourth-order valence-electron chi connectivity index (χ4n) is 1.27. The van der Waals surface area contributed by atoms with E-state index in [1.165, 1.54) is 12.1 Å². The Balaban J connectivity index is 3.18. The quantitative estimate of drug-likeness (QED) is 0.610. The molecule has 90 valence electrons. The van der Waals surface area contributed by atoms with Crippen molar-refractivity contribution in [2.24, 2.45) is 5.14 Å². The topological polar surface area (TPSA) is 110 Å². The van der Waals surface area contributed by atoms with Gasteiger partial charge in [-0.1, -0.05) is 0 Å². The number of nitrogens with zero attached hydrogens (tertiary/aromatic N) is 1. The standard InChI is InChI=1S/C9H15N3O3S/c1-12(2-3-13)8-4-7(10)5-9(6-8)16(11,14)15/h4-6,13H,2-3,10H2,1H3,(H2,11,14,15). The van der Waals surface area contributed by atoms with Crippen LogP contribution in [0.1, 0.15) is 0 Å². The lowest BCUT2D eigenvalue weighted by Crippen LogP contribution is -2.22. The van der Waals surface area contributed by atoms with E-state index in [9.17, 15) is 8.42 Å². The average molecular weight is 245 g/mol. The second-order valence-corrected chi connectivity index (χ2v) is 5.01. The highest BCUT2D eigenvalue weighted by Gasteiger charge is 2.11.